The maximum atomic E-state index is 12.3. The van der Waals surface area contributed by atoms with Crippen molar-refractivity contribution in [1.82, 2.24) is 9.99 Å². The molecule has 0 spiro atoms. The Balaban J connectivity index is 1.55. The normalized spacial score (nSPS) is 11.4. The predicted octanol–water partition coefficient (Wildman–Crippen LogP) is 5.10. The van der Waals surface area contributed by atoms with Crippen molar-refractivity contribution >= 4 is 49.9 Å². The van der Waals surface area contributed by atoms with Gasteiger partial charge in [-0.3, -0.25) is 4.79 Å². The van der Waals surface area contributed by atoms with Gasteiger partial charge in [0, 0.05) is 39.1 Å². The Kier molecular flexibility index (Phi) is 4.64. The minimum absolute atomic E-state index is 0.217. The summed E-state index contributed by atoms with van der Waals surface area (Å²) in [7, 11) is 0. The van der Waals surface area contributed by atoms with Crippen LogP contribution in [0.5, 0.6) is 0 Å². The summed E-state index contributed by atoms with van der Waals surface area (Å²) in [5.41, 5.74) is 5.19. The van der Waals surface area contributed by atoms with Crippen LogP contribution in [-0.4, -0.2) is 16.7 Å². The van der Waals surface area contributed by atoms with Gasteiger partial charge in [-0.15, -0.1) is 6.58 Å². The molecular weight excluding hydrogens is 406 g/mol. The van der Waals surface area contributed by atoms with Gasteiger partial charge < -0.3 is 8.98 Å². The second kappa shape index (κ2) is 7.25. The fourth-order valence-corrected chi connectivity index (χ4v) is 3.39. The lowest BCUT2D eigenvalue weighted by atomic mass is 10.2. The first-order chi connectivity index (χ1) is 13.2. The Hall–Kier alpha value is -3.12. The predicted molar refractivity (Wildman–Crippen MR) is 111 cm³/mol. The largest absolute Gasteiger partial charge is 0.451 e. The lowest BCUT2D eigenvalue weighted by Crippen LogP contribution is -2.16. The Labute approximate surface area is 164 Å². The van der Waals surface area contributed by atoms with Crippen LogP contribution in [0.1, 0.15) is 16.1 Å². The molecule has 0 aliphatic carbocycles. The standard InChI is InChI=1S/C21H16BrN3O2/c1-2-9-25-13-15(17-5-3-4-6-18(17)25)12-23-24-21(26)20-11-14-10-16(22)7-8-19(14)27-20/h2-8,10-13H,1,9H2,(H,24,26)/b23-12+. The van der Waals surface area contributed by atoms with Crippen LogP contribution in [-0.2, 0) is 6.54 Å². The molecule has 0 fully saturated rings. The third-order valence-electron chi connectivity index (χ3n) is 4.22. The lowest BCUT2D eigenvalue weighted by Gasteiger charge is -1.98. The number of allylic oxidation sites excluding steroid dienone is 1. The topological polar surface area (TPSA) is 59.5 Å². The number of rotatable bonds is 5. The fourth-order valence-electron chi connectivity index (χ4n) is 3.01. The number of amides is 1. The van der Waals surface area contributed by atoms with Gasteiger partial charge in [-0.2, -0.15) is 5.10 Å². The molecule has 1 amide bonds. The van der Waals surface area contributed by atoms with Crippen LogP contribution in [0.25, 0.3) is 21.9 Å². The first-order valence-electron chi connectivity index (χ1n) is 8.37. The van der Waals surface area contributed by atoms with E-state index in [4.69, 9.17) is 4.42 Å². The van der Waals surface area contributed by atoms with Crippen molar-refractivity contribution in [2.75, 3.05) is 0 Å². The number of nitrogens with zero attached hydrogens (tertiary/aromatic N) is 2. The molecular formula is C21H16BrN3O2. The number of hydrogen-bond donors (Lipinski definition) is 1. The molecule has 2 aromatic carbocycles. The molecule has 1 N–H and O–H groups in total. The number of nitrogens with one attached hydrogen (secondary N) is 1. The molecule has 2 heterocycles. The molecule has 134 valence electrons. The van der Waals surface area contributed by atoms with Gasteiger partial charge in [-0.05, 0) is 30.3 Å². The van der Waals surface area contributed by atoms with E-state index in [2.05, 4.69) is 37.6 Å². The van der Waals surface area contributed by atoms with Gasteiger partial charge in [-0.25, -0.2) is 5.43 Å². The Morgan fingerprint density at radius 3 is 2.96 bits per heavy atom. The van der Waals surface area contributed by atoms with E-state index in [1.165, 1.54) is 0 Å². The lowest BCUT2D eigenvalue weighted by molar-refractivity contribution is 0.0929. The molecule has 2 aromatic heterocycles. The second-order valence-electron chi connectivity index (χ2n) is 6.03. The van der Waals surface area contributed by atoms with Crippen molar-refractivity contribution in [3.05, 3.63) is 83.2 Å². The summed E-state index contributed by atoms with van der Waals surface area (Å²) >= 11 is 3.41. The number of carbonyl (C=O) groups excluding carboxylic acids is 1. The zero-order valence-corrected chi connectivity index (χ0v) is 15.9. The van der Waals surface area contributed by atoms with Crippen molar-refractivity contribution < 1.29 is 9.21 Å². The molecule has 0 saturated carbocycles. The third kappa shape index (κ3) is 3.44. The van der Waals surface area contributed by atoms with E-state index in [9.17, 15) is 4.79 Å². The van der Waals surface area contributed by atoms with E-state index in [1.54, 1.807) is 12.3 Å². The van der Waals surface area contributed by atoms with Gasteiger partial charge in [0.05, 0.1) is 6.21 Å². The molecule has 0 bridgehead atoms. The van der Waals surface area contributed by atoms with E-state index in [0.29, 0.717) is 12.1 Å². The van der Waals surface area contributed by atoms with Crippen molar-refractivity contribution in [2.45, 2.75) is 6.54 Å². The van der Waals surface area contributed by atoms with Gasteiger partial charge in [0.15, 0.2) is 5.76 Å². The maximum Gasteiger partial charge on any atom is 0.307 e. The van der Waals surface area contributed by atoms with Crippen LogP contribution in [0.2, 0.25) is 0 Å². The summed E-state index contributed by atoms with van der Waals surface area (Å²) in [5, 5.41) is 6.01. The summed E-state index contributed by atoms with van der Waals surface area (Å²) in [4.78, 5) is 12.3. The molecule has 0 atom stereocenters. The summed E-state index contributed by atoms with van der Waals surface area (Å²) in [6, 6.07) is 15.3. The molecule has 4 rings (SSSR count). The summed E-state index contributed by atoms with van der Waals surface area (Å²) in [6.45, 7) is 4.49. The molecule has 0 saturated heterocycles. The number of halogens is 1. The molecule has 5 nitrogen and oxygen atoms in total. The SMILES string of the molecule is C=CCn1cc(/C=N/NC(=O)c2cc3cc(Br)ccc3o2)c2ccccc21. The number of benzene rings is 2. The maximum absolute atomic E-state index is 12.3. The van der Waals surface area contributed by atoms with Gasteiger partial charge in [0.25, 0.3) is 0 Å². The van der Waals surface area contributed by atoms with Gasteiger partial charge in [0.1, 0.15) is 5.58 Å². The van der Waals surface area contributed by atoms with Crippen molar-refractivity contribution in [2.24, 2.45) is 5.10 Å². The molecule has 0 radical (unpaired) electrons. The molecule has 27 heavy (non-hydrogen) atoms. The number of carbonyl (C=O) groups is 1. The summed E-state index contributed by atoms with van der Waals surface area (Å²) in [6.07, 6.45) is 5.47. The number of para-hydroxylation sites is 1. The molecule has 4 aromatic rings. The van der Waals surface area contributed by atoms with E-state index in [0.717, 1.165) is 26.3 Å². The molecule has 0 unspecified atom stereocenters. The van der Waals surface area contributed by atoms with E-state index in [1.807, 2.05) is 54.7 Å². The van der Waals surface area contributed by atoms with Gasteiger partial charge in [0.2, 0.25) is 0 Å². The molecule has 0 aliphatic rings. The van der Waals surface area contributed by atoms with Crippen LogP contribution in [0, 0.1) is 0 Å². The minimum atomic E-state index is -0.395. The summed E-state index contributed by atoms with van der Waals surface area (Å²) in [5.74, 6) is -0.178. The van der Waals surface area contributed by atoms with Crippen LogP contribution < -0.4 is 5.43 Å². The van der Waals surface area contributed by atoms with Gasteiger partial charge in [-0.1, -0.05) is 40.2 Å². The average molecular weight is 422 g/mol. The van der Waals surface area contributed by atoms with E-state index in [-0.39, 0.29) is 5.76 Å². The Morgan fingerprint density at radius 2 is 2.11 bits per heavy atom. The molecule has 6 heteroatoms. The smallest absolute Gasteiger partial charge is 0.307 e. The first-order valence-corrected chi connectivity index (χ1v) is 9.16. The van der Waals surface area contributed by atoms with Crippen LogP contribution in [0.15, 0.2) is 81.4 Å². The highest BCUT2D eigenvalue weighted by Gasteiger charge is 2.12. The highest BCUT2D eigenvalue weighted by Crippen LogP contribution is 2.23. The zero-order chi connectivity index (χ0) is 18.8. The Bertz CT molecular complexity index is 1190. The second-order valence-corrected chi connectivity index (χ2v) is 6.95. The molecule has 0 aliphatic heterocycles. The summed E-state index contributed by atoms with van der Waals surface area (Å²) < 4.78 is 8.59. The number of hydrazone groups is 1. The highest BCUT2D eigenvalue weighted by molar-refractivity contribution is 9.10. The van der Waals surface area contributed by atoms with Crippen LogP contribution in [0.3, 0.4) is 0 Å². The average Bonchev–Trinajstić information content (AvgIpc) is 3.24. The minimum Gasteiger partial charge on any atom is -0.451 e. The highest BCUT2D eigenvalue weighted by atomic mass is 79.9. The van der Waals surface area contributed by atoms with E-state index >= 15 is 0 Å². The van der Waals surface area contributed by atoms with Crippen molar-refractivity contribution in [3.8, 4) is 0 Å². The number of hydrogen-bond acceptors (Lipinski definition) is 3. The van der Waals surface area contributed by atoms with Gasteiger partial charge >= 0.3 is 5.91 Å². The monoisotopic (exact) mass is 421 g/mol. The number of furan rings is 1. The third-order valence-corrected chi connectivity index (χ3v) is 4.71. The van der Waals surface area contributed by atoms with Crippen LogP contribution in [0.4, 0.5) is 0 Å². The fraction of sp³-hybridized carbons (Fsp3) is 0.0476. The van der Waals surface area contributed by atoms with E-state index < -0.39 is 5.91 Å². The zero-order valence-electron chi connectivity index (χ0n) is 14.4. The van der Waals surface area contributed by atoms with Crippen molar-refractivity contribution in [1.29, 1.82) is 0 Å². The van der Waals surface area contributed by atoms with Crippen molar-refractivity contribution in [3.63, 3.8) is 0 Å². The Morgan fingerprint density at radius 1 is 1.26 bits per heavy atom. The van der Waals surface area contributed by atoms with Crippen LogP contribution >= 0.6 is 15.9 Å². The quantitative estimate of drug-likeness (QED) is 0.276. The number of fused-ring (bicyclic) bond motifs is 2. The number of aromatic nitrogens is 1. The first kappa shape index (κ1) is 17.3.